The third kappa shape index (κ3) is 2.00. The molecule has 0 aliphatic heterocycles. The molecule has 0 heterocycles. The van der Waals surface area contributed by atoms with E-state index in [9.17, 15) is 14.9 Å². The molecule has 0 N–H and O–H groups in total. The highest BCUT2D eigenvalue weighted by Gasteiger charge is 2.59. The van der Waals surface area contributed by atoms with Crippen LogP contribution in [0.25, 0.3) is 0 Å². The molecule has 1 fully saturated rings. The zero-order valence-electron chi connectivity index (χ0n) is 14.5. The molecule has 0 saturated heterocycles. The summed E-state index contributed by atoms with van der Waals surface area (Å²) in [6.45, 7) is 8.26. The van der Waals surface area contributed by atoms with Crippen LogP contribution >= 0.6 is 0 Å². The van der Waals surface area contributed by atoms with Crippen LogP contribution in [0.3, 0.4) is 0 Å². The number of hydrogen-bond acceptors (Lipinski definition) is 3. The largest absolute Gasteiger partial charge is 0.295 e. The number of allylic oxidation sites excluding steroid dienone is 4. The molecule has 3 atom stereocenters. The molecule has 3 aliphatic carbocycles. The highest BCUT2D eigenvalue weighted by molar-refractivity contribution is 6.04. The second-order valence-corrected chi connectivity index (χ2v) is 8.25. The van der Waals surface area contributed by atoms with Crippen molar-refractivity contribution in [2.24, 2.45) is 22.2 Å². The van der Waals surface area contributed by atoms with Gasteiger partial charge < -0.3 is 0 Å². The van der Waals surface area contributed by atoms with Gasteiger partial charge in [-0.1, -0.05) is 39.3 Å². The van der Waals surface area contributed by atoms with Crippen molar-refractivity contribution in [3.05, 3.63) is 23.3 Å². The first-order valence-corrected chi connectivity index (χ1v) is 8.64. The van der Waals surface area contributed by atoms with Crippen molar-refractivity contribution in [1.29, 1.82) is 5.26 Å². The number of ketones is 2. The second kappa shape index (κ2) is 4.90. The summed E-state index contributed by atoms with van der Waals surface area (Å²) in [6, 6.07) is 2.10. The van der Waals surface area contributed by atoms with Crippen molar-refractivity contribution < 1.29 is 9.59 Å². The Hall–Kier alpha value is -1.69. The Balaban J connectivity index is 2.26. The maximum atomic E-state index is 12.7. The average Bonchev–Trinajstić information content (AvgIpc) is 2.52. The predicted molar refractivity (Wildman–Crippen MR) is 88.4 cm³/mol. The Kier molecular flexibility index (Phi) is 3.45. The maximum absolute atomic E-state index is 12.7. The molecule has 1 saturated carbocycles. The average molecular weight is 311 g/mol. The summed E-state index contributed by atoms with van der Waals surface area (Å²) in [5.41, 5.74) is 0.572. The van der Waals surface area contributed by atoms with Gasteiger partial charge in [0.25, 0.3) is 0 Å². The minimum absolute atomic E-state index is 0.0470. The van der Waals surface area contributed by atoms with E-state index in [2.05, 4.69) is 19.9 Å². The molecule has 0 aromatic heterocycles. The summed E-state index contributed by atoms with van der Waals surface area (Å²) in [5.74, 6) is 0.290. The van der Waals surface area contributed by atoms with Crippen LogP contribution in [0.15, 0.2) is 23.3 Å². The van der Waals surface area contributed by atoms with Gasteiger partial charge in [0, 0.05) is 17.3 Å². The number of nitrogens with zero attached hydrogens (tertiary/aromatic N) is 1. The lowest BCUT2D eigenvalue weighted by Gasteiger charge is -2.58. The Bertz CT molecular complexity index is 691. The van der Waals surface area contributed by atoms with E-state index in [0.29, 0.717) is 6.42 Å². The number of Topliss-reactive ketones (excluding diaryl/α,β-unsaturated/α-hetero) is 1. The number of hydrogen-bond donors (Lipinski definition) is 0. The van der Waals surface area contributed by atoms with Gasteiger partial charge >= 0.3 is 0 Å². The molecule has 122 valence electrons. The summed E-state index contributed by atoms with van der Waals surface area (Å²) in [5, 5.41) is 9.44. The fourth-order valence-corrected chi connectivity index (χ4v) is 5.56. The van der Waals surface area contributed by atoms with E-state index >= 15 is 0 Å². The normalized spacial score (nSPS) is 38.8. The van der Waals surface area contributed by atoms with Crippen LogP contribution in [0.5, 0.6) is 0 Å². The van der Waals surface area contributed by atoms with E-state index in [0.717, 1.165) is 25.7 Å². The molecular weight excluding hydrogens is 286 g/mol. The predicted octanol–water partition coefficient (Wildman–Crippen LogP) is 4.15. The van der Waals surface area contributed by atoms with Crippen molar-refractivity contribution >= 4 is 11.6 Å². The Morgan fingerprint density at radius 3 is 2.57 bits per heavy atom. The number of fused-ring (bicyclic) bond motifs is 3. The first kappa shape index (κ1) is 16.2. The van der Waals surface area contributed by atoms with Crippen molar-refractivity contribution in [3.63, 3.8) is 0 Å². The molecule has 3 nitrogen and oxygen atoms in total. The van der Waals surface area contributed by atoms with Gasteiger partial charge in [-0.2, -0.15) is 5.26 Å². The quantitative estimate of drug-likeness (QED) is 0.731. The van der Waals surface area contributed by atoms with Crippen LogP contribution in [-0.4, -0.2) is 11.6 Å². The van der Waals surface area contributed by atoms with Gasteiger partial charge in [-0.25, -0.2) is 0 Å². The molecule has 0 aromatic carbocycles. The standard InChI is InChI=1S/C20H25NO2/c1-5-20-8-6-14(22)10-16(20)19(4)11-13(12-21)17(23)18(2,3)15(19)7-9-20/h10-11,15H,5-9H2,1-4H3/t15-,19-,20+/m0/s1. The van der Waals surface area contributed by atoms with Gasteiger partial charge in [0.05, 0.1) is 5.57 Å². The molecular formula is C20H25NO2. The number of carbonyl (C=O) groups excluding carboxylic acids is 2. The lowest BCUT2D eigenvalue weighted by Crippen LogP contribution is -2.54. The van der Waals surface area contributed by atoms with Gasteiger partial charge in [-0.15, -0.1) is 0 Å². The topological polar surface area (TPSA) is 57.9 Å². The van der Waals surface area contributed by atoms with E-state index in [4.69, 9.17) is 0 Å². The summed E-state index contributed by atoms with van der Waals surface area (Å²) in [4.78, 5) is 24.8. The van der Waals surface area contributed by atoms with Gasteiger partial charge in [-0.05, 0) is 43.1 Å². The van der Waals surface area contributed by atoms with Gasteiger partial charge in [0.1, 0.15) is 6.07 Å². The molecule has 0 unspecified atom stereocenters. The van der Waals surface area contributed by atoms with Crippen LogP contribution in [0, 0.1) is 33.5 Å². The molecule has 0 bridgehead atoms. The maximum Gasteiger partial charge on any atom is 0.178 e. The van der Waals surface area contributed by atoms with Crippen LogP contribution < -0.4 is 0 Å². The molecule has 3 heteroatoms. The van der Waals surface area contributed by atoms with Crippen molar-refractivity contribution in [2.75, 3.05) is 0 Å². The van der Waals surface area contributed by atoms with Crippen LogP contribution in [0.4, 0.5) is 0 Å². The highest BCUT2D eigenvalue weighted by Crippen LogP contribution is 2.64. The van der Waals surface area contributed by atoms with Gasteiger partial charge in [-0.3, -0.25) is 9.59 Å². The monoisotopic (exact) mass is 311 g/mol. The fraction of sp³-hybridized carbons (Fsp3) is 0.650. The third-order valence-electron chi connectivity index (χ3n) is 6.88. The third-order valence-corrected chi connectivity index (χ3v) is 6.88. The Morgan fingerprint density at radius 2 is 1.96 bits per heavy atom. The molecule has 0 amide bonds. The molecule has 3 rings (SSSR count). The number of nitriles is 1. The number of carbonyl (C=O) groups is 2. The first-order valence-electron chi connectivity index (χ1n) is 8.64. The lowest BCUT2D eigenvalue weighted by molar-refractivity contribution is -0.131. The molecule has 23 heavy (non-hydrogen) atoms. The van der Waals surface area contributed by atoms with Gasteiger partial charge in [0.15, 0.2) is 11.6 Å². The summed E-state index contributed by atoms with van der Waals surface area (Å²) < 4.78 is 0. The van der Waals surface area contributed by atoms with Crippen molar-refractivity contribution in [1.82, 2.24) is 0 Å². The summed E-state index contributed by atoms with van der Waals surface area (Å²) in [7, 11) is 0. The second-order valence-electron chi connectivity index (χ2n) is 8.25. The van der Waals surface area contributed by atoms with E-state index < -0.39 is 5.41 Å². The minimum atomic E-state index is -0.560. The summed E-state index contributed by atoms with van der Waals surface area (Å²) in [6.07, 6.45) is 8.27. The highest BCUT2D eigenvalue weighted by atomic mass is 16.1. The zero-order chi connectivity index (χ0) is 17.0. The fourth-order valence-electron chi connectivity index (χ4n) is 5.56. The zero-order valence-corrected chi connectivity index (χ0v) is 14.5. The van der Waals surface area contributed by atoms with Crippen molar-refractivity contribution in [2.45, 2.75) is 59.8 Å². The molecule has 0 radical (unpaired) electrons. The smallest absolute Gasteiger partial charge is 0.178 e. The molecule has 3 aliphatic rings. The van der Waals surface area contributed by atoms with E-state index in [1.165, 1.54) is 5.57 Å². The van der Waals surface area contributed by atoms with Crippen LogP contribution in [0.2, 0.25) is 0 Å². The van der Waals surface area contributed by atoms with Crippen LogP contribution in [-0.2, 0) is 9.59 Å². The van der Waals surface area contributed by atoms with Crippen molar-refractivity contribution in [3.8, 4) is 6.07 Å². The molecule has 0 aromatic rings. The van der Waals surface area contributed by atoms with Gasteiger partial charge in [0.2, 0.25) is 0 Å². The first-order chi connectivity index (χ1) is 10.7. The Labute approximate surface area is 138 Å². The SMILES string of the molecule is CC[C@]12CCC(=O)C=C1[C@@]1(C)C=C(C#N)C(=O)C(C)(C)[C@@H]1CC2. The van der Waals surface area contributed by atoms with E-state index in [1.807, 2.05) is 26.0 Å². The minimum Gasteiger partial charge on any atom is -0.295 e. The van der Waals surface area contributed by atoms with Crippen LogP contribution in [0.1, 0.15) is 59.8 Å². The van der Waals surface area contributed by atoms with E-state index in [1.54, 1.807) is 0 Å². The Morgan fingerprint density at radius 1 is 1.26 bits per heavy atom. The molecule has 0 spiro atoms. The lowest BCUT2D eigenvalue weighted by atomic mass is 9.44. The summed E-state index contributed by atoms with van der Waals surface area (Å²) >= 11 is 0. The number of rotatable bonds is 1. The van der Waals surface area contributed by atoms with E-state index in [-0.39, 0.29) is 33.9 Å².